The minimum atomic E-state index is -0.221. The minimum Gasteiger partial charge on any atom is -0.394 e. The lowest BCUT2D eigenvalue weighted by Crippen LogP contribution is -2.15. The molecule has 0 aliphatic carbocycles. The Labute approximate surface area is 126 Å². The predicted octanol–water partition coefficient (Wildman–Crippen LogP) is 4.56. The number of benzene rings is 2. The first kappa shape index (κ1) is 14.4. The molecule has 1 atom stereocenters. The van der Waals surface area contributed by atoms with Gasteiger partial charge in [0, 0.05) is 15.2 Å². The van der Waals surface area contributed by atoms with Gasteiger partial charge in [0.25, 0.3) is 0 Å². The van der Waals surface area contributed by atoms with Gasteiger partial charge in [-0.25, -0.2) is 0 Å². The van der Waals surface area contributed by atoms with Gasteiger partial charge in [0.2, 0.25) is 0 Å². The average molecular weight is 341 g/mol. The van der Waals surface area contributed by atoms with Crippen molar-refractivity contribution in [2.75, 3.05) is 11.9 Å². The van der Waals surface area contributed by atoms with Gasteiger partial charge in [0.1, 0.15) is 0 Å². The van der Waals surface area contributed by atoms with Gasteiger partial charge in [-0.1, -0.05) is 51.8 Å². The molecule has 0 fully saturated rings. The molecule has 2 N–H and O–H groups in total. The van der Waals surface area contributed by atoms with Crippen molar-refractivity contribution in [3.63, 3.8) is 0 Å². The highest BCUT2D eigenvalue weighted by atomic mass is 79.9. The Morgan fingerprint density at radius 2 is 2.00 bits per heavy atom. The molecular weight excluding hydrogens is 326 g/mol. The van der Waals surface area contributed by atoms with E-state index in [-0.39, 0.29) is 12.6 Å². The van der Waals surface area contributed by atoms with Gasteiger partial charge in [0.05, 0.1) is 12.6 Å². The van der Waals surface area contributed by atoms with Crippen LogP contribution < -0.4 is 5.32 Å². The van der Waals surface area contributed by atoms with E-state index in [0.717, 1.165) is 21.3 Å². The van der Waals surface area contributed by atoms with Crippen LogP contribution in [0, 0.1) is 6.92 Å². The summed E-state index contributed by atoms with van der Waals surface area (Å²) in [5.74, 6) is 0. The van der Waals surface area contributed by atoms with Crippen LogP contribution >= 0.6 is 27.5 Å². The summed E-state index contributed by atoms with van der Waals surface area (Å²) in [7, 11) is 0. The molecule has 2 rings (SSSR count). The summed E-state index contributed by atoms with van der Waals surface area (Å²) in [6, 6.07) is 13.4. The molecule has 2 aromatic carbocycles. The van der Waals surface area contributed by atoms with Crippen LogP contribution in [0.15, 0.2) is 46.9 Å². The molecule has 0 saturated heterocycles. The second-order valence-corrected chi connectivity index (χ2v) is 5.68. The van der Waals surface area contributed by atoms with Crippen LogP contribution in [-0.4, -0.2) is 11.7 Å². The molecule has 1 unspecified atom stereocenters. The number of aryl methyl sites for hydroxylation is 1. The Morgan fingerprint density at radius 1 is 1.26 bits per heavy atom. The summed E-state index contributed by atoms with van der Waals surface area (Å²) in [6.07, 6.45) is 0. The van der Waals surface area contributed by atoms with Crippen LogP contribution in [0.5, 0.6) is 0 Å². The molecule has 0 saturated carbocycles. The fourth-order valence-electron chi connectivity index (χ4n) is 1.93. The lowest BCUT2D eigenvalue weighted by Gasteiger charge is -2.20. The number of nitrogens with one attached hydrogen (secondary N) is 1. The van der Waals surface area contributed by atoms with E-state index in [2.05, 4.69) is 21.2 Å². The molecule has 0 radical (unpaired) electrons. The monoisotopic (exact) mass is 339 g/mol. The summed E-state index contributed by atoms with van der Waals surface area (Å²) >= 11 is 9.61. The molecule has 4 heteroatoms. The van der Waals surface area contributed by atoms with Crippen LogP contribution in [0.1, 0.15) is 17.2 Å². The van der Waals surface area contributed by atoms with Crippen LogP contribution in [0.3, 0.4) is 0 Å². The Morgan fingerprint density at radius 3 is 2.63 bits per heavy atom. The Kier molecular flexibility index (Phi) is 4.86. The molecule has 19 heavy (non-hydrogen) atoms. The number of hydrogen-bond acceptors (Lipinski definition) is 2. The second-order valence-electron chi connectivity index (χ2n) is 4.36. The molecule has 0 amide bonds. The average Bonchev–Trinajstić information content (AvgIpc) is 2.39. The maximum absolute atomic E-state index is 9.59. The largest absolute Gasteiger partial charge is 0.394 e. The summed E-state index contributed by atoms with van der Waals surface area (Å²) in [6.45, 7) is 2.01. The van der Waals surface area contributed by atoms with Crippen molar-refractivity contribution in [3.05, 3.63) is 63.1 Å². The molecule has 0 aliphatic rings. The maximum Gasteiger partial charge on any atom is 0.0759 e. The topological polar surface area (TPSA) is 32.3 Å². The summed E-state index contributed by atoms with van der Waals surface area (Å²) in [5, 5.41) is 13.6. The number of aliphatic hydroxyl groups is 1. The van der Waals surface area contributed by atoms with Gasteiger partial charge < -0.3 is 10.4 Å². The van der Waals surface area contributed by atoms with Crippen molar-refractivity contribution < 1.29 is 5.11 Å². The third-order valence-electron chi connectivity index (χ3n) is 3.00. The van der Waals surface area contributed by atoms with Crippen molar-refractivity contribution in [2.45, 2.75) is 13.0 Å². The number of rotatable bonds is 4. The lowest BCUT2D eigenvalue weighted by molar-refractivity contribution is 0.276. The van der Waals surface area contributed by atoms with E-state index in [1.807, 2.05) is 49.4 Å². The number of halogens is 2. The third kappa shape index (κ3) is 3.50. The number of aliphatic hydroxyl groups excluding tert-OH is 1. The summed E-state index contributed by atoms with van der Waals surface area (Å²) in [5.41, 5.74) is 3.02. The summed E-state index contributed by atoms with van der Waals surface area (Å²) < 4.78 is 0.925. The van der Waals surface area contributed by atoms with Crippen molar-refractivity contribution in [2.24, 2.45) is 0 Å². The summed E-state index contributed by atoms with van der Waals surface area (Å²) in [4.78, 5) is 0. The molecular formula is C15H15BrClNO. The van der Waals surface area contributed by atoms with Crippen molar-refractivity contribution >= 4 is 33.2 Å². The van der Waals surface area contributed by atoms with Crippen molar-refractivity contribution in [1.29, 1.82) is 0 Å². The van der Waals surface area contributed by atoms with E-state index in [0.29, 0.717) is 5.02 Å². The van der Waals surface area contributed by atoms with E-state index in [9.17, 15) is 5.11 Å². The van der Waals surface area contributed by atoms with Crippen molar-refractivity contribution in [1.82, 2.24) is 0 Å². The Balaban J connectivity index is 2.28. The standard InChI is InChI=1S/C15H15BrClNO/c1-10-4-2-3-5-14(10)18-15(9-19)12-7-6-11(16)8-13(12)17/h2-8,15,18-19H,9H2,1H3. The van der Waals surface area contributed by atoms with E-state index in [1.165, 1.54) is 0 Å². The molecule has 0 spiro atoms. The number of hydrogen-bond donors (Lipinski definition) is 2. The number of anilines is 1. The minimum absolute atomic E-state index is 0.0182. The zero-order valence-corrected chi connectivity index (χ0v) is 12.9. The fourth-order valence-corrected chi connectivity index (χ4v) is 2.73. The SMILES string of the molecule is Cc1ccccc1NC(CO)c1ccc(Br)cc1Cl. The van der Waals surface area contributed by atoms with Gasteiger partial charge in [-0.05, 0) is 36.2 Å². The molecule has 0 bridgehead atoms. The lowest BCUT2D eigenvalue weighted by atomic mass is 10.1. The van der Waals surface area contributed by atoms with Crippen LogP contribution in [-0.2, 0) is 0 Å². The van der Waals surface area contributed by atoms with Gasteiger partial charge >= 0.3 is 0 Å². The van der Waals surface area contributed by atoms with Crippen molar-refractivity contribution in [3.8, 4) is 0 Å². The Hall–Kier alpha value is -1.03. The second kappa shape index (κ2) is 6.42. The van der Waals surface area contributed by atoms with Crippen LogP contribution in [0.25, 0.3) is 0 Å². The van der Waals surface area contributed by atoms with E-state index in [1.54, 1.807) is 0 Å². The van der Waals surface area contributed by atoms with E-state index < -0.39 is 0 Å². The molecule has 0 aromatic heterocycles. The molecule has 100 valence electrons. The first-order chi connectivity index (χ1) is 9.11. The smallest absolute Gasteiger partial charge is 0.0759 e. The maximum atomic E-state index is 9.59. The molecule has 0 heterocycles. The van der Waals surface area contributed by atoms with Gasteiger partial charge in [0.15, 0.2) is 0 Å². The quantitative estimate of drug-likeness (QED) is 0.855. The number of para-hydroxylation sites is 1. The highest BCUT2D eigenvalue weighted by Gasteiger charge is 2.14. The fraction of sp³-hybridized carbons (Fsp3) is 0.200. The Bertz CT molecular complexity index is 574. The predicted molar refractivity (Wildman–Crippen MR) is 83.8 cm³/mol. The van der Waals surface area contributed by atoms with Gasteiger partial charge in [-0.2, -0.15) is 0 Å². The first-order valence-corrected chi connectivity index (χ1v) is 7.17. The first-order valence-electron chi connectivity index (χ1n) is 6.00. The highest BCUT2D eigenvalue weighted by molar-refractivity contribution is 9.10. The van der Waals surface area contributed by atoms with Gasteiger partial charge in [-0.3, -0.25) is 0 Å². The molecule has 2 aromatic rings. The third-order valence-corrected chi connectivity index (χ3v) is 3.82. The highest BCUT2D eigenvalue weighted by Crippen LogP contribution is 2.29. The van der Waals surface area contributed by atoms with Gasteiger partial charge in [-0.15, -0.1) is 0 Å². The van der Waals surface area contributed by atoms with Crippen LogP contribution in [0.2, 0.25) is 5.02 Å². The zero-order chi connectivity index (χ0) is 13.8. The zero-order valence-electron chi connectivity index (χ0n) is 10.5. The van der Waals surface area contributed by atoms with Crippen LogP contribution in [0.4, 0.5) is 5.69 Å². The van der Waals surface area contributed by atoms with E-state index in [4.69, 9.17) is 11.6 Å². The molecule has 2 nitrogen and oxygen atoms in total. The molecule has 0 aliphatic heterocycles. The normalized spacial score (nSPS) is 12.2. The van der Waals surface area contributed by atoms with E-state index >= 15 is 0 Å².